The molecule has 176 valence electrons. The van der Waals surface area contributed by atoms with Crippen molar-refractivity contribution in [1.29, 1.82) is 0 Å². The molecule has 0 unspecified atom stereocenters. The van der Waals surface area contributed by atoms with Crippen molar-refractivity contribution in [2.24, 2.45) is 0 Å². The number of rotatable bonds is 6. The number of nitrogens with one attached hydrogen (secondary N) is 3. The lowest BCUT2D eigenvalue weighted by Gasteiger charge is -2.32. The van der Waals surface area contributed by atoms with Crippen LogP contribution in [0.15, 0.2) is 66.9 Å². The van der Waals surface area contributed by atoms with Gasteiger partial charge in [-0.15, -0.1) is 0 Å². The smallest absolute Gasteiger partial charge is 0.259 e. The second-order valence-electron chi connectivity index (χ2n) is 10.0. The standard InChI is InChI=1S/C28H33N5O/c1-28(2)19-30-25-17-22(10-11-24(25)28)32-27(34)23-9-6-14-29-26(23)31-21-12-15-33(16-13-21)18-20-7-4-3-5-8-20/h3-11,14,17,21,30H,12-13,15-16,18-19H2,1-2H3,(H,29,31)(H,32,34). The first-order valence-corrected chi connectivity index (χ1v) is 12.2. The van der Waals surface area contributed by atoms with Crippen LogP contribution in [0, 0.1) is 0 Å². The van der Waals surface area contributed by atoms with Gasteiger partial charge in [-0.25, -0.2) is 4.98 Å². The molecule has 2 aromatic carbocycles. The maximum atomic E-state index is 13.1. The Morgan fingerprint density at radius 2 is 1.88 bits per heavy atom. The number of fused-ring (bicyclic) bond motifs is 1. The van der Waals surface area contributed by atoms with Crippen molar-refractivity contribution in [2.75, 3.05) is 35.6 Å². The summed E-state index contributed by atoms with van der Waals surface area (Å²) in [6.07, 6.45) is 3.79. The van der Waals surface area contributed by atoms with Gasteiger partial charge in [-0.3, -0.25) is 9.69 Å². The van der Waals surface area contributed by atoms with E-state index in [0.717, 1.165) is 50.4 Å². The van der Waals surface area contributed by atoms with E-state index in [4.69, 9.17) is 0 Å². The molecule has 3 aromatic rings. The monoisotopic (exact) mass is 455 g/mol. The van der Waals surface area contributed by atoms with E-state index >= 15 is 0 Å². The number of amides is 1. The van der Waals surface area contributed by atoms with E-state index in [-0.39, 0.29) is 11.3 Å². The van der Waals surface area contributed by atoms with Gasteiger partial charge in [-0.2, -0.15) is 0 Å². The van der Waals surface area contributed by atoms with Crippen LogP contribution < -0.4 is 16.0 Å². The van der Waals surface area contributed by atoms with Gasteiger partial charge in [0.05, 0.1) is 5.56 Å². The van der Waals surface area contributed by atoms with Crippen LogP contribution >= 0.6 is 0 Å². The highest BCUT2D eigenvalue weighted by Gasteiger charge is 2.29. The van der Waals surface area contributed by atoms with Gasteiger partial charge in [-0.05, 0) is 48.2 Å². The van der Waals surface area contributed by atoms with Crippen LogP contribution in [-0.4, -0.2) is 41.5 Å². The molecule has 0 saturated carbocycles. The molecular formula is C28H33N5O. The van der Waals surface area contributed by atoms with Crippen LogP contribution in [0.4, 0.5) is 17.2 Å². The van der Waals surface area contributed by atoms with Crippen LogP contribution in [0.25, 0.3) is 0 Å². The number of nitrogens with zero attached hydrogens (tertiary/aromatic N) is 2. The minimum atomic E-state index is -0.144. The minimum Gasteiger partial charge on any atom is -0.384 e. The SMILES string of the molecule is CC1(C)CNc2cc(NC(=O)c3cccnc3NC3CCN(Cc4ccccc4)CC3)ccc21. The summed E-state index contributed by atoms with van der Waals surface area (Å²) in [5.74, 6) is 0.510. The highest BCUT2D eigenvalue weighted by molar-refractivity contribution is 6.07. The molecule has 6 heteroatoms. The second-order valence-corrected chi connectivity index (χ2v) is 10.0. The third-order valence-electron chi connectivity index (χ3n) is 6.96. The molecule has 1 amide bonds. The normalized spacial score (nSPS) is 17.6. The van der Waals surface area contributed by atoms with Gasteiger partial charge < -0.3 is 16.0 Å². The third kappa shape index (κ3) is 4.92. The van der Waals surface area contributed by atoms with Gasteiger partial charge in [-0.1, -0.05) is 50.2 Å². The first kappa shape index (κ1) is 22.4. The Hall–Kier alpha value is -3.38. The molecule has 34 heavy (non-hydrogen) atoms. The van der Waals surface area contributed by atoms with Crippen molar-refractivity contribution >= 4 is 23.1 Å². The summed E-state index contributed by atoms with van der Waals surface area (Å²) in [5, 5.41) is 10.1. The molecule has 1 saturated heterocycles. The highest BCUT2D eigenvalue weighted by atomic mass is 16.1. The predicted molar refractivity (Wildman–Crippen MR) is 139 cm³/mol. The van der Waals surface area contributed by atoms with Crippen LogP contribution in [-0.2, 0) is 12.0 Å². The molecule has 0 bridgehead atoms. The molecule has 1 aromatic heterocycles. The number of carbonyl (C=O) groups is 1. The Labute approximate surface area is 201 Å². The van der Waals surface area contributed by atoms with Crippen molar-refractivity contribution in [1.82, 2.24) is 9.88 Å². The van der Waals surface area contributed by atoms with Crippen LogP contribution in [0.3, 0.4) is 0 Å². The Morgan fingerprint density at radius 3 is 2.68 bits per heavy atom. The second kappa shape index (κ2) is 9.47. The Kier molecular flexibility index (Phi) is 6.24. The fraction of sp³-hybridized carbons (Fsp3) is 0.357. The average molecular weight is 456 g/mol. The number of anilines is 3. The molecule has 0 radical (unpaired) electrons. The summed E-state index contributed by atoms with van der Waals surface area (Å²) in [6, 6.07) is 20.7. The number of pyridine rings is 1. The fourth-order valence-corrected chi connectivity index (χ4v) is 4.94. The fourth-order valence-electron chi connectivity index (χ4n) is 4.94. The quantitative estimate of drug-likeness (QED) is 0.482. The van der Waals surface area contributed by atoms with Crippen molar-refractivity contribution in [3.8, 4) is 0 Å². The molecule has 1 fully saturated rings. The zero-order chi connectivity index (χ0) is 23.5. The summed E-state index contributed by atoms with van der Waals surface area (Å²) < 4.78 is 0. The third-order valence-corrected chi connectivity index (χ3v) is 6.96. The molecule has 0 spiro atoms. The number of likely N-dealkylation sites (tertiary alicyclic amines) is 1. The van der Waals surface area contributed by atoms with E-state index in [1.807, 2.05) is 24.3 Å². The van der Waals surface area contributed by atoms with Crippen molar-refractivity contribution in [3.63, 3.8) is 0 Å². The molecule has 0 aliphatic carbocycles. The van der Waals surface area contributed by atoms with Gasteiger partial charge in [0.1, 0.15) is 5.82 Å². The lowest BCUT2D eigenvalue weighted by Crippen LogP contribution is -2.39. The number of carbonyl (C=O) groups excluding carboxylic acids is 1. The highest BCUT2D eigenvalue weighted by Crippen LogP contribution is 2.37. The van der Waals surface area contributed by atoms with Crippen molar-refractivity contribution in [2.45, 2.75) is 44.7 Å². The summed E-state index contributed by atoms with van der Waals surface area (Å²) in [6.45, 7) is 8.39. The molecule has 3 N–H and O–H groups in total. The van der Waals surface area contributed by atoms with Crippen LogP contribution in [0.2, 0.25) is 0 Å². The molecule has 2 aliphatic rings. The number of hydrogen-bond donors (Lipinski definition) is 3. The number of benzene rings is 2. The van der Waals surface area contributed by atoms with Gasteiger partial charge in [0.25, 0.3) is 5.91 Å². The zero-order valence-electron chi connectivity index (χ0n) is 20.0. The lowest BCUT2D eigenvalue weighted by atomic mass is 9.87. The average Bonchev–Trinajstić information content (AvgIpc) is 3.15. The first-order chi connectivity index (χ1) is 16.5. The first-order valence-electron chi connectivity index (χ1n) is 12.2. The van der Waals surface area contributed by atoms with Gasteiger partial charge in [0.15, 0.2) is 0 Å². The topological polar surface area (TPSA) is 69.3 Å². The molecule has 2 aliphatic heterocycles. The van der Waals surface area contributed by atoms with E-state index in [2.05, 4.69) is 76.1 Å². The molecule has 5 rings (SSSR count). The molecule has 3 heterocycles. The Balaban J connectivity index is 1.21. The van der Waals surface area contributed by atoms with E-state index in [1.54, 1.807) is 6.20 Å². The lowest BCUT2D eigenvalue weighted by molar-refractivity contribution is 0.102. The minimum absolute atomic E-state index is 0.106. The van der Waals surface area contributed by atoms with E-state index in [0.29, 0.717) is 17.4 Å². The van der Waals surface area contributed by atoms with E-state index in [9.17, 15) is 4.79 Å². The Morgan fingerprint density at radius 1 is 1.09 bits per heavy atom. The van der Waals surface area contributed by atoms with Crippen LogP contribution in [0.1, 0.15) is 48.2 Å². The Bertz CT molecular complexity index is 1150. The molecule has 6 nitrogen and oxygen atoms in total. The molecular weight excluding hydrogens is 422 g/mol. The van der Waals surface area contributed by atoms with Crippen molar-refractivity contribution in [3.05, 3.63) is 83.6 Å². The van der Waals surface area contributed by atoms with E-state index in [1.165, 1.54) is 11.1 Å². The maximum absolute atomic E-state index is 13.1. The van der Waals surface area contributed by atoms with Crippen molar-refractivity contribution < 1.29 is 4.79 Å². The summed E-state index contributed by atoms with van der Waals surface area (Å²) in [4.78, 5) is 20.1. The predicted octanol–water partition coefficient (Wildman–Crippen LogP) is 5.11. The summed E-state index contributed by atoms with van der Waals surface area (Å²) >= 11 is 0. The van der Waals surface area contributed by atoms with E-state index < -0.39 is 0 Å². The number of piperidine rings is 1. The number of hydrogen-bond acceptors (Lipinski definition) is 5. The van der Waals surface area contributed by atoms with Gasteiger partial charge in [0, 0.05) is 55.2 Å². The summed E-state index contributed by atoms with van der Waals surface area (Å²) in [5.41, 5.74) is 5.20. The molecule has 0 atom stereocenters. The van der Waals surface area contributed by atoms with Gasteiger partial charge in [0.2, 0.25) is 0 Å². The number of aromatic nitrogens is 1. The van der Waals surface area contributed by atoms with Crippen LogP contribution in [0.5, 0.6) is 0 Å². The largest absolute Gasteiger partial charge is 0.384 e. The summed E-state index contributed by atoms with van der Waals surface area (Å²) in [7, 11) is 0. The maximum Gasteiger partial charge on any atom is 0.259 e. The van der Waals surface area contributed by atoms with Gasteiger partial charge >= 0.3 is 0 Å². The zero-order valence-corrected chi connectivity index (χ0v) is 20.0.